The van der Waals surface area contributed by atoms with Crippen molar-refractivity contribution in [3.8, 4) is 34.0 Å². The van der Waals surface area contributed by atoms with Crippen LogP contribution in [0, 0.1) is 18.6 Å². The number of aromatic nitrogens is 4. The van der Waals surface area contributed by atoms with Crippen LogP contribution in [-0.2, 0) is 4.74 Å². The molecular formula is C31H28F2N6O3. The van der Waals surface area contributed by atoms with Crippen LogP contribution in [0.2, 0.25) is 0 Å². The summed E-state index contributed by atoms with van der Waals surface area (Å²) in [5.74, 6) is 0.301. The Labute approximate surface area is 241 Å². The zero-order valence-corrected chi connectivity index (χ0v) is 23.3. The van der Waals surface area contributed by atoms with E-state index in [4.69, 9.17) is 19.2 Å². The summed E-state index contributed by atoms with van der Waals surface area (Å²) >= 11 is 0. The number of halogens is 2. The van der Waals surface area contributed by atoms with Crippen molar-refractivity contribution < 1.29 is 23.0 Å². The first-order valence-corrected chi connectivity index (χ1v) is 13.3. The molecule has 1 aliphatic rings. The van der Waals surface area contributed by atoms with Crippen LogP contribution in [0.3, 0.4) is 0 Å². The van der Waals surface area contributed by atoms with Gasteiger partial charge in [-0.3, -0.25) is 4.98 Å². The summed E-state index contributed by atoms with van der Waals surface area (Å²) in [6, 6.07) is 9.43. The lowest BCUT2D eigenvalue weighted by molar-refractivity contribution is 0.122. The molecular weight excluding hydrogens is 542 g/mol. The highest BCUT2D eigenvalue weighted by atomic mass is 19.1. The van der Waals surface area contributed by atoms with Gasteiger partial charge >= 0.3 is 0 Å². The van der Waals surface area contributed by atoms with Gasteiger partial charge in [-0.25, -0.2) is 23.7 Å². The third kappa shape index (κ3) is 5.26. The number of hydrogen-bond acceptors (Lipinski definition) is 9. The van der Waals surface area contributed by atoms with E-state index >= 15 is 4.39 Å². The lowest BCUT2D eigenvalue weighted by Crippen LogP contribution is -2.36. The molecule has 1 aromatic carbocycles. The van der Waals surface area contributed by atoms with Gasteiger partial charge in [0.15, 0.2) is 0 Å². The number of anilines is 3. The molecule has 0 radical (unpaired) electrons. The third-order valence-corrected chi connectivity index (χ3v) is 7.21. The van der Waals surface area contributed by atoms with Crippen LogP contribution in [0.25, 0.3) is 33.3 Å². The lowest BCUT2D eigenvalue weighted by Gasteiger charge is -2.28. The van der Waals surface area contributed by atoms with E-state index in [1.807, 2.05) is 19.1 Å². The number of benzene rings is 1. The van der Waals surface area contributed by atoms with E-state index in [-0.39, 0.29) is 10.9 Å². The van der Waals surface area contributed by atoms with Crippen molar-refractivity contribution in [3.63, 3.8) is 0 Å². The van der Waals surface area contributed by atoms with E-state index in [1.165, 1.54) is 6.07 Å². The van der Waals surface area contributed by atoms with Crippen LogP contribution in [-0.4, -0.2) is 60.5 Å². The van der Waals surface area contributed by atoms with Gasteiger partial charge in [0.2, 0.25) is 5.88 Å². The highest BCUT2D eigenvalue weighted by Gasteiger charge is 2.21. The number of morpholine rings is 1. The maximum absolute atomic E-state index is 15.5. The maximum Gasteiger partial charge on any atom is 0.212 e. The Kier molecular flexibility index (Phi) is 7.49. The molecule has 9 nitrogen and oxygen atoms in total. The molecule has 0 saturated carbocycles. The maximum atomic E-state index is 15.5. The minimum Gasteiger partial charge on any atom is -0.495 e. The van der Waals surface area contributed by atoms with E-state index in [0.29, 0.717) is 66.1 Å². The normalized spacial score (nSPS) is 13.3. The Bertz CT molecular complexity index is 1760. The summed E-state index contributed by atoms with van der Waals surface area (Å²) in [5.41, 5.74) is 4.57. The predicted octanol–water partition coefficient (Wildman–Crippen LogP) is 5.94. The van der Waals surface area contributed by atoms with Crippen LogP contribution in [0.15, 0.2) is 61.2 Å². The van der Waals surface area contributed by atoms with E-state index in [9.17, 15) is 4.39 Å². The van der Waals surface area contributed by atoms with Crippen LogP contribution in [0.1, 0.15) is 5.56 Å². The Morgan fingerprint density at radius 1 is 0.905 bits per heavy atom. The van der Waals surface area contributed by atoms with Crippen LogP contribution < -0.4 is 19.7 Å². The van der Waals surface area contributed by atoms with E-state index in [1.54, 1.807) is 51.1 Å². The van der Waals surface area contributed by atoms with Gasteiger partial charge in [-0.15, -0.1) is 0 Å². The van der Waals surface area contributed by atoms with E-state index in [0.717, 1.165) is 23.0 Å². The number of fused-ring (bicyclic) bond motifs is 1. The lowest BCUT2D eigenvalue weighted by atomic mass is 10.0. The molecule has 11 heteroatoms. The molecule has 5 heterocycles. The van der Waals surface area contributed by atoms with Crippen molar-refractivity contribution in [2.75, 3.05) is 50.7 Å². The Hall–Kier alpha value is -4.90. The second-order valence-electron chi connectivity index (χ2n) is 9.76. The molecule has 0 aliphatic carbocycles. The minimum absolute atomic E-state index is 0.161. The molecule has 0 bridgehead atoms. The fourth-order valence-electron chi connectivity index (χ4n) is 5.04. The van der Waals surface area contributed by atoms with Crippen molar-refractivity contribution in [3.05, 3.63) is 78.4 Å². The summed E-state index contributed by atoms with van der Waals surface area (Å²) in [4.78, 5) is 20.1. The number of methoxy groups -OCH3 is 2. The third-order valence-electron chi connectivity index (χ3n) is 7.21. The number of ether oxygens (including phenoxy) is 3. The molecule has 1 N–H and O–H groups in total. The molecule has 4 aromatic heterocycles. The van der Waals surface area contributed by atoms with Gasteiger partial charge in [-0.2, -0.15) is 0 Å². The molecule has 0 unspecified atom stereocenters. The average molecular weight is 571 g/mol. The topological polar surface area (TPSA) is 94.5 Å². The van der Waals surface area contributed by atoms with Crippen molar-refractivity contribution in [2.24, 2.45) is 0 Å². The second-order valence-corrected chi connectivity index (χ2v) is 9.76. The van der Waals surface area contributed by atoms with Crippen LogP contribution >= 0.6 is 0 Å². The largest absolute Gasteiger partial charge is 0.495 e. The average Bonchev–Trinajstić information content (AvgIpc) is 3.02. The quantitative estimate of drug-likeness (QED) is 0.255. The van der Waals surface area contributed by atoms with Crippen LogP contribution in [0.5, 0.6) is 11.6 Å². The zero-order valence-electron chi connectivity index (χ0n) is 23.3. The summed E-state index contributed by atoms with van der Waals surface area (Å²) < 4.78 is 46.1. The van der Waals surface area contributed by atoms with Crippen molar-refractivity contribution in [1.82, 2.24) is 19.9 Å². The van der Waals surface area contributed by atoms with Crippen molar-refractivity contribution >= 4 is 28.1 Å². The Morgan fingerprint density at radius 2 is 1.74 bits per heavy atom. The van der Waals surface area contributed by atoms with Gasteiger partial charge in [0.25, 0.3) is 0 Å². The number of hydrogen-bond donors (Lipinski definition) is 1. The summed E-state index contributed by atoms with van der Waals surface area (Å²) in [5, 5.41) is 3.64. The molecule has 0 atom stereocenters. The van der Waals surface area contributed by atoms with Gasteiger partial charge in [-0.1, -0.05) is 0 Å². The molecule has 214 valence electrons. The number of rotatable bonds is 7. The predicted molar refractivity (Wildman–Crippen MR) is 157 cm³/mol. The molecule has 0 spiro atoms. The highest BCUT2D eigenvalue weighted by Crippen LogP contribution is 2.40. The standard InChI is InChI=1S/C31H28F2N6O3/c1-18-30(20-10-22(40-2)16-34-14-20)38-26-12-21(32)11-24(33)29(26)31(18)37-25-13-27(39-6-8-42-9-7-39)35-17-23(25)19-4-5-28(41-3)36-15-19/h4-5,10-17H,6-9H2,1-3H3,(H,35,37,38). The monoisotopic (exact) mass is 570 g/mol. The van der Waals surface area contributed by atoms with Crippen LogP contribution in [0.4, 0.5) is 26.0 Å². The van der Waals surface area contributed by atoms with E-state index in [2.05, 4.69) is 25.2 Å². The minimum atomic E-state index is -0.728. The summed E-state index contributed by atoms with van der Waals surface area (Å²) in [7, 11) is 3.10. The van der Waals surface area contributed by atoms with E-state index < -0.39 is 11.6 Å². The first kappa shape index (κ1) is 27.3. The number of nitrogens with zero attached hydrogens (tertiary/aromatic N) is 5. The molecule has 6 rings (SSSR count). The van der Waals surface area contributed by atoms with Gasteiger partial charge in [-0.05, 0) is 24.6 Å². The zero-order chi connectivity index (χ0) is 29.2. The Morgan fingerprint density at radius 3 is 2.48 bits per heavy atom. The molecule has 1 saturated heterocycles. The second kappa shape index (κ2) is 11.5. The van der Waals surface area contributed by atoms with Gasteiger partial charge in [0.05, 0.1) is 61.6 Å². The van der Waals surface area contributed by atoms with Crippen molar-refractivity contribution in [1.29, 1.82) is 0 Å². The number of nitrogens with one attached hydrogen (secondary N) is 1. The SMILES string of the molecule is COc1cncc(-c2nc3cc(F)cc(F)c3c(Nc3cc(N4CCOCC4)ncc3-c3ccc(OC)nc3)c2C)c1. The fraction of sp³-hybridized carbons (Fsp3) is 0.226. The highest BCUT2D eigenvalue weighted by molar-refractivity contribution is 5.99. The fourth-order valence-corrected chi connectivity index (χ4v) is 5.04. The van der Waals surface area contributed by atoms with Gasteiger partial charge < -0.3 is 24.4 Å². The molecule has 1 fully saturated rings. The first-order valence-electron chi connectivity index (χ1n) is 13.3. The van der Waals surface area contributed by atoms with Crippen molar-refractivity contribution in [2.45, 2.75) is 6.92 Å². The number of pyridine rings is 4. The summed E-state index contributed by atoms with van der Waals surface area (Å²) in [6.45, 7) is 4.40. The smallest absolute Gasteiger partial charge is 0.212 e. The van der Waals surface area contributed by atoms with Gasteiger partial charge in [0.1, 0.15) is 23.2 Å². The molecule has 5 aromatic rings. The first-order chi connectivity index (χ1) is 20.4. The Balaban J connectivity index is 1.56. The summed E-state index contributed by atoms with van der Waals surface area (Å²) in [6.07, 6.45) is 6.67. The molecule has 0 amide bonds. The van der Waals surface area contributed by atoms with Gasteiger partial charge in [0, 0.05) is 72.6 Å². The molecule has 1 aliphatic heterocycles. The molecule has 42 heavy (non-hydrogen) atoms.